The van der Waals surface area contributed by atoms with E-state index in [0.29, 0.717) is 0 Å². The molecule has 0 N–H and O–H groups in total. The molecule has 0 saturated carbocycles. The number of fused-ring (bicyclic) bond motifs is 7. The van der Waals surface area contributed by atoms with E-state index in [1.807, 2.05) is 6.07 Å². The molecule has 1 aliphatic carbocycles. The molecule has 0 bridgehead atoms. The first-order chi connectivity index (χ1) is 27.3. The SMILES string of the molecule is c1ccc(-c2ccc3ccc4ccc(-c5ccc(-c6ccc7c(c6)C(c6ccccc6)(c6ccccc6)c6ccccc6-7)c6ccccc56)nc4c3n2)cc1. The van der Waals surface area contributed by atoms with Gasteiger partial charge in [-0.15, -0.1) is 0 Å². The summed E-state index contributed by atoms with van der Waals surface area (Å²) in [5.41, 5.74) is 15.6. The average molecular weight is 699 g/mol. The van der Waals surface area contributed by atoms with Crippen molar-refractivity contribution in [3.05, 3.63) is 229 Å². The fourth-order valence-corrected chi connectivity index (χ4v) is 9.07. The monoisotopic (exact) mass is 698 g/mol. The van der Waals surface area contributed by atoms with Crippen molar-refractivity contribution in [2.75, 3.05) is 0 Å². The van der Waals surface area contributed by atoms with Crippen LogP contribution in [0.5, 0.6) is 0 Å². The van der Waals surface area contributed by atoms with E-state index in [4.69, 9.17) is 9.97 Å². The van der Waals surface area contributed by atoms with Crippen LogP contribution in [-0.2, 0) is 5.41 Å². The van der Waals surface area contributed by atoms with Crippen molar-refractivity contribution in [1.82, 2.24) is 9.97 Å². The van der Waals surface area contributed by atoms with Crippen LogP contribution >= 0.6 is 0 Å². The Hall–Kier alpha value is -7.16. The van der Waals surface area contributed by atoms with Gasteiger partial charge in [0, 0.05) is 21.9 Å². The predicted molar refractivity (Wildman–Crippen MR) is 228 cm³/mol. The van der Waals surface area contributed by atoms with Crippen LogP contribution in [0, 0.1) is 0 Å². The van der Waals surface area contributed by atoms with Gasteiger partial charge in [0.05, 0.1) is 27.8 Å². The molecule has 11 rings (SSSR count). The highest BCUT2D eigenvalue weighted by atomic mass is 14.8. The van der Waals surface area contributed by atoms with Crippen molar-refractivity contribution in [3.8, 4) is 44.8 Å². The minimum Gasteiger partial charge on any atom is -0.245 e. The summed E-state index contributed by atoms with van der Waals surface area (Å²) < 4.78 is 0. The van der Waals surface area contributed by atoms with Crippen LogP contribution in [0.2, 0.25) is 0 Å². The highest BCUT2D eigenvalue weighted by Crippen LogP contribution is 2.57. The molecule has 8 aromatic carbocycles. The summed E-state index contributed by atoms with van der Waals surface area (Å²) in [7, 11) is 0. The van der Waals surface area contributed by atoms with Crippen molar-refractivity contribution in [3.63, 3.8) is 0 Å². The Balaban J connectivity index is 1.10. The minimum absolute atomic E-state index is 0.452. The zero-order valence-electron chi connectivity index (χ0n) is 30.0. The first-order valence-electron chi connectivity index (χ1n) is 18.9. The highest BCUT2D eigenvalue weighted by molar-refractivity contribution is 6.08. The van der Waals surface area contributed by atoms with Crippen LogP contribution in [0.1, 0.15) is 22.3 Å². The average Bonchev–Trinajstić information content (AvgIpc) is 3.57. The Bertz CT molecular complexity index is 3040. The van der Waals surface area contributed by atoms with Gasteiger partial charge in [-0.25, -0.2) is 9.97 Å². The second-order valence-corrected chi connectivity index (χ2v) is 14.5. The first kappa shape index (κ1) is 31.4. The molecule has 0 spiro atoms. The van der Waals surface area contributed by atoms with Gasteiger partial charge in [-0.2, -0.15) is 0 Å². The van der Waals surface area contributed by atoms with Gasteiger partial charge in [-0.3, -0.25) is 0 Å². The van der Waals surface area contributed by atoms with Crippen molar-refractivity contribution >= 4 is 32.6 Å². The summed E-state index contributed by atoms with van der Waals surface area (Å²) >= 11 is 0. The quantitative estimate of drug-likeness (QED) is 0.167. The molecule has 10 aromatic rings. The van der Waals surface area contributed by atoms with E-state index in [1.165, 1.54) is 55.3 Å². The standard InChI is InChI=1S/C53H34N2/c1-4-14-35(15-5-1)49-32-27-36-24-25-37-28-33-50(55-52(37)51(36)54-49)46-31-30-41(42-20-10-11-21-43(42)46)38-26-29-45-44-22-12-13-23-47(44)53(48(45)34-38,39-16-6-2-7-17-39)40-18-8-3-9-19-40/h1-34H. The van der Waals surface area contributed by atoms with Crippen molar-refractivity contribution in [1.29, 1.82) is 0 Å². The summed E-state index contributed by atoms with van der Waals surface area (Å²) in [6, 6.07) is 74.6. The number of hydrogen-bond acceptors (Lipinski definition) is 2. The number of pyridine rings is 2. The van der Waals surface area contributed by atoms with E-state index in [2.05, 4.69) is 200 Å². The predicted octanol–water partition coefficient (Wildman–Crippen LogP) is 13.3. The Kier molecular flexibility index (Phi) is 7.11. The summed E-state index contributed by atoms with van der Waals surface area (Å²) in [5.74, 6) is 0. The van der Waals surface area contributed by atoms with E-state index >= 15 is 0 Å². The number of aromatic nitrogens is 2. The third-order valence-corrected chi connectivity index (χ3v) is 11.6. The number of benzene rings is 8. The molecule has 0 atom stereocenters. The van der Waals surface area contributed by atoms with Crippen molar-refractivity contribution in [2.24, 2.45) is 0 Å². The number of hydrogen-bond donors (Lipinski definition) is 0. The van der Waals surface area contributed by atoms with Gasteiger partial charge in [-0.05, 0) is 73.5 Å². The maximum absolute atomic E-state index is 5.35. The van der Waals surface area contributed by atoms with Crippen LogP contribution in [0.4, 0.5) is 0 Å². The second-order valence-electron chi connectivity index (χ2n) is 14.5. The molecule has 0 aliphatic heterocycles. The Morgan fingerprint density at radius 3 is 1.49 bits per heavy atom. The molecule has 2 nitrogen and oxygen atoms in total. The summed E-state index contributed by atoms with van der Waals surface area (Å²) in [4.78, 5) is 10.5. The van der Waals surface area contributed by atoms with Gasteiger partial charge >= 0.3 is 0 Å². The maximum Gasteiger partial charge on any atom is 0.0972 e. The van der Waals surface area contributed by atoms with E-state index in [1.54, 1.807) is 0 Å². The van der Waals surface area contributed by atoms with Gasteiger partial charge < -0.3 is 0 Å². The Morgan fingerprint density at radius 1 is 0.309 bits per heavy atom. The van der Waals surface area contributed by atoms with Crippen LogP contribution < -0.4 is 0 Å². The normalized spacial score (nSPS) is 12.9. The lowest BCUT2D eigenvalue weighted by Crippen LogP contribution is -2.28. The molecule has 0 fully saturated rings. The number of nitrogens with zero attached hydrogens (tertiary/aromatic N) is 2. The van der Waals surface area contributed by atoms with Gasteiger partial charge in [0.1, 0.15) is 0 Å². The van der Waals surface area contributed by atoms with Gasteiger partial charge in [0.15, 0.2) is 0 Å². The Morgan fingerprint density at radius 2 is 0.800 bits per heavy atom. The highest BCUT2D eigenvalue weighted by Gasteiger charge is 2.46. The van der Waals surface area contributed by atoms with Gasteiger partial charge in [0.2, 0.25) is 0 Å². The maximum atomic E-state index is 5.35. The first-order valence-corrected chi connectivity index (χ1v) is 18.9. The van der Waals surface area contributed by atoms with Crippen LogP contribution in [0.25, 0.3) is 77.3 Å². The molecule has 1 aliphatic rings. The van der Waals surface area contributed by atoms with Crippen LogP contribution in [-0.4, -0.2) is 9.97 Å². The fourth-order valence-electron chi connectivity index (χ4n) is 9.07. The van der Waals surface area contributed by atoms with E-state index in [9.17, 15) is 0 Å². The smallest absolute Gasteiger partial charge is 0.0972 e. The molecule has 55 heavy (non-hydrogen) atoms. The van der Waals surface area contributed by atoms with Crippen molar-refractivity contribution in [2.45, 2.75) is 5.41 Å². The van der Waals surface area contributed by atoms with Crippen molar-refractivity contribution < 1.29 is 0 Å². The molecule has 256 valence electrons. The summed E-state index contributed by atoms with van der Waals surface area (Å²) in [6.45, 7) is 0. The largest absolute Gasteiger partial charge is 0.245 e. The molecule has 0 unspecified atom stereocenters. The van der Waals surface area contributed by atoms with Crippen LogP contribution in [0.15, 0.2) is 206 Å². The molecular formula is C53H34N2. The lowest BCUT2D eigenvalue weighted by Gasteiger charge is -2.34. The fraction of sp³-hybridized carbons (Fsp3) is 0.0189. The van der Waals surface area contributed by atoms with Crippen LogP contribution in [0.3, 0.4) is 0 Å². The lowest BCUT2D eigenvalue weighted by molar-refractivity contribution is 0.769. The summed E-state index contributed by atoms with van der Waals surface area (Å²) in [6.07, 6.45) is 0. The molecule has 0 radical (unpaired) electrons. The molecule has 2 aromatic heterocycles. The Labute approximate surface area is 320 Å². The molecular weight excluding hydrogens is 665 g/mol. The van der Waals surface area contributed by atoms with E-state index < -0.39 is 5.41 Å². The minimum atomic E-state index is -0.452. The van der Waals surface area contributed by atoms with Gasteiger partial charge in [0.25, 0.3) is 0 Å². The van der Waals surface area contributed by atoms with E-state index in [-0.39, 0.29) is 0 Å². The second kappa shape index (κ2) is 12.5. The van der Waals surface area contributed by atoms with Gasteiger partial charge in [-0.1, -0.05) is 188 Å². The number of rotatable bonds is 5. The van der Waals surface area contributed by atoms with E-state index in [0.717, 1.165) is 44.3 Å². The molecule has 0 amide bonds. The molecule has 0 saturated heterocycles. The topological polar surface area (TPSA) is 25.8 Å². The third kappa shape index (κ3) is 4.82. The summed E-state index contributed by atoms with van der Waals surface area (Å²) in [5, 5.41) is 4.53. The molecule has 2 heteroatoms. The molecule has 2 heterocycles. The zero-order chi connectivity index (χ0) is 36.3. The lowest BCUT2D eigenvalue weighted by atomic mass is 9.67. The third-order valence-electron chi connectivity index (χ3n) is 11.6. The zero-order valence-corrected chi connectivity index (χ0v) is 30.0.